The number of rotatable bonds is 2. The van der Waals surface area contributed by atoms with Crippen molar-refractivity contribution in [3.05, 3.63) is 52.2 Å². The van der Waals surface area contributed by atoms with Crippen molar-refractivity contribution in [2.45, 2.75) is 6.04 Å². The molecule has 21 heavy (non-hydrogen) atoms. The summed E-state index contributed by atoms with van der Waals surface area (Å²) in [5.41, 5.74) is 0.782. The molecule has 2 aromatic rings. The molecule has 1 saturated heterocycles. The first-order valence-electron chi connectivity index (χ1n) is 6.85. The number of aromatic amines is 1. The van der Waals surface area contributed by atoms with Crippen LogP contribution in [0.4, 0.5) is 0 Å². The van der Waals surface area contributed by atoms with E-state index in [-0.39, 0.29) is 23.1 Å². The molecule has 2 aromatic heterocycles. The molecule has 7 nitrogen and oxygen atoms in total. The maximum atomic E-state index is 12.7. The molecule has 1 amide bonds. The second kappa shape index (κ2) is 5.53. The highest BCUT2D eigenvalue weighted by Crippen LogP contribution is 2.22. The Morgan fingerprint density at radius 2 is 2.33 bits per heavy atom. The van der Waals surface area contributed by atoms with E-state index in [2.05, 4.69) is 15.4 Å². The minimum atomic E-state index is -0.356. The number of aryl methyl sites for hydroxylation is 1. The third-order valence-corrected chi connectivity index (χ3v) is 3.66. The Labute approximate surface area is 121 Å². The third-order valence-electron chi connectivity index (χ3n) is 3.66. The van der Waals surface area contributed by atoms with E-state index in [9.17, 15) is 9.59 Å². The van der Waals surface area contributed by atoms with Gasteiger partial charge >= 0.3 is 0 Å². The van der Waals surface area contributed by atoms with E-state index < -0.39 is 0 Å². The molecule has 3 heterocycles. The second-order valence-corrected chi connectivity index (χ2v) is 5.08. The molecule has 110 valence electrons. The average molecular weight is 287 g/mol. The van der Waals surface area contributed by atoms with Crippen LogP contribution in [-0.4, -0.2) is 45.2 Å². The lowest BCUT2D eigenvalue weighted by molar-refractivity contribution is 0.0632. The SMILES string of the molecule is Cn1cc(C2CNCCN2C(=O)c2ccc[nH]c2=O)cn1. The largest absolute Gasteiger partial charge is 0.329 e. The van der Waals surface area contributed by atoms with E-state index in [1.165, 1.54) is 6.20 Å². The number of piperazine rings is 1. The highest BCUT2D eigenvalue weighted by atomic mass is 16.2. The summed E-state index contributed by atoms with van der Waals surface area (Å²) in [4.78, 5) is 28.8. The molecule has 1 aliphatic heterocycles. The second-order valence-electron chi connectivity index (χ2n) is 5.08. The van der Waals surface area contributed by atoms with Crippen LogP contribution in [0, 0.1) is 0 Å². The molecule has 0 spiro atoms. The van der Waals surface area contributed by atoms with Gasteiger partial charge < -0.3 is 15.2 Å². The van der Waals surface area contributed by atoms with Crippen molar-refractivity contribution in [1.82, 2.24) is 25.0 Å². The highest BCUT2D eigenvalue weighted by molar-refractivity contribution is 5.94. The van der Waals surface area contributed by atoms with Gasteiger partial charge in [-0.3, -0.25) is 14.3 Å². The van der Waals surface area contributed by atoms with Crippen molar-refractivity contribution < 1.29 is 4.79 Å². The van der Waals surface area contributed by atoms with Crippen LogP contribution in [0.1, 0.15) is 22.0 Å². The molecule has 1 aliphatic rings. The minimum absolute atomic E-state index is 0.112. The van der Waals surface area contributed by atoms with Crippen LogP contribution in [0.3, 0.4) is 0 Å². The molecule has 7 heteroatoms. The zero-order valence-electron chi connectivity index (χ0n) is 11.7. The normalized spacial score (nSPS) is 18.7. The summed E-state index contributed by atoms with van der Waals surface area (Å²) in [6.07, 6.45) is 5.18. The fourth-order valence-corrected chi connectivity index (χ4v) is 2.60. The lowest BCUT2D eigenvalue weighted by Gasteiger charge is -2.35. The van der Waals surface area contributed by atoms with Crippen LogP contribution >= 0.6 is 0 Å². The lowest BCUT2D eigenvalue weighted by atomic mass is 10.1. The van der Waals surface area contributed by atoms with Gasteiger partial charge in [-0.05, 0) is 12.1 Å². The van der Waals surface area contributed by atoms with Gasteiger partial charge in [0.25, 0.3) is 11.5 Å². The summed E-state index contributed by atoms with van der Waals surface area (Å²) in [6, 6.07) is 3.11. The van der Waals surface area contributed by atoms with Crippen molar-refractivity contribution in [1.29, 1.82) is 0 Å². The Morgan fingerprint density at radius 1 is 1.48 bits per heavy atom. The van der Waals surface area contributed by atoms with E-state index in [4.69, 9.17) is 0 Å². The number of aromatic nitrogens is 3. The highest BCUT2D eigenvalue weighted by Gasteiger charge is 2.30. The Hall–Kier alpha value is -2.41. The van der Waals surface area contributed by atoms with Gasteiger partial charge in [-0.1, -0.05) is 0 Å². The number of hydrogen-bond donors (Lipinski definition) is 2. The van der Waals surface area contributed by atoms with E-state index in [1.54, 1.807) is 27.9 Å². The molecule has 1 atom stereocenters. The molecule has 1 unspecified atom stereocenters. The smallest absolute Gasteiger partial charge is 0.260 e. The monoisotopic (exact) mass is 287 g/mol. The molecular formula is C14H17N5O2. The van der Waals surface area contributed by atoms with Crippen LogP contribution < -0.4 is 10.9 Å². The quantitative estimate of drug-likeness (QED) is 0.807. The first-order valence-corrected chi connectivity index (χ1v) is 6.85. The van der Waals surface area contributed by atoms with Crippen LogP contribution in [-0.2, 0) is 7.05 Å². The number of carbonyl (C=O) groups is 1. The summed E-state index contributed by atoms with van der Waals surface area (Å²) in [6.45, 7) is 1.93. The van der Waals surface area contributed by atoms with Gasteiger partial charge in [-0.25, -0.2) is 0 Å². The molecule has 0 radical (unpaired) electrons. The number of nitrogens with zero attached hydrogens (tertiary/aromatic N) is 3. The predicted octanol–water partition coefficient (Wildman–Crippen LogP) is -0.105. The maximum absolute atomic E-state index is 12.7. The molecular weight excluding hydrogens is 270 g/mol. The number of H-pyrrole nitrogens is 1. The van der Waals surface area contributed by atoms with Crippen LogP contribution in [0.2, 0.25) is 0 Å². The summed E-state index contributed by atoms with van der Waals surface area (Å²) in [7, 11) is 1.84. The van der Waals surface area contributed by atoms with Gasteiger partial charge in [-0.15, -0.1) is 0 Å². The van der Waals surface area contributed by atoms with Gasteiger partial charge in [0.05, 0.1) is 12.2 Å². The van der Waals surface area contributed by atoms with Gasteiger partial charge in [-0.2, -0.15) is 5.10 Å². The number of amides is 1. The van der Waals surface area contributed by atoms with E-state index in [1.807, 2.05) is 13.2 Å². The summed E-state index contributed by atoms with van der Waals surface area (Å²) in [5.74, 6) is -0.243. The molecule has 0 aromatic carbocycles. The van der Waals surface area contributed by atoms with Gasteiger partial charge in [0.2, 0.25) is 0 Å². The molecule has 0 saturated carbocycles. The fourth-order valence-electron chi connectivity index (χ4n) is 2.60. The summed E-state index contributed by atoms with van der Waals surface area (Å²) >= 11 is 0. The van der Waals surface area contributed by atoms with E-state index in [0.717, 1.165) is 5.56 Å². The maximum Gasteiger partial charge on any atom is 0.260 e. The Morgan fingerprint density at radius 3 is 3.05 bits per heavy atom. The van der Waals surface area contributed by atoms with E-state index in [0.29, 0.717) is 19.6 Å². The van der Waals surface area contributed by atoms with Crippen molar-refractivity contribution in [3.63, 3.8) is 0 Å². The van der Waals surface area contributed by atoms with Crippen molar-refractivity contribution in [2.75, 3.05) is 19.6 Å². The van der Waals surface area contributed by atoms with Crippen LogP contribution in [0.15, 0.2) is 35.5 Å². The van der Waals surface area contributed by atoms with Crippen molar-refractivity contribution >= 4 is 5.91 Å². The summed E-state index contributed by atoms with van der Waals surface area (Å²) < 4.78 is 1.71. The Bertz CT molecular complexity index is 705. The van der Waals surface area contributed by atoms with Crippen molar-refractivity contribution in [3.8, 4) is 0 Å². The van der Waals surface area contributed by atoms with Gasteiger partial charge in [0.15, 0.2) is 0 Å². The first kappa shape index (κ1) is 13.6. The number of pyridine rings is 1. The van der Waals surface area contributed by atoms with Gasteiger partial charge in [0.1, 0.15) is 5.56 Å². The zero-order chi connectivity index (χ0) is 14.8. The van der Waals surface area contributed by atoms with Crippen molar-refractivity contribution in [2.24, 2.45) is 7.05 Å². The molecule has 1 fully saturated rings. The lowest BCUT2D eigenvalue weighted by Crippen LogP contribution is -2.49. The summed E-state index contributed by atoms with van der Waals surface area (Å²) in [5, 5.41) is 7.44. The standard InChI is InChI=1S/C14H17N5O2/c1-18-9-10(7-17-18)12-8-15-5-6-19(12)14(21)11-3-2-4-16-13(11)20/h2-4,7,9,12,15H,5-6,8H2,1H3,(H,16,20). The van der Waals surface area contributed by atoms with Gasteiger partial charge in [0, 0.05) is 44.6 Å². The van der Waals surface area contributed by atoms with E-state index >= 15 is 0 Å². The predicted molar refractivity (Wildman–Crippen MR) is 76.9 cm³/mol. The van der Waals surface area contributed by atoms with Crippen LogP contribution in [0.25, 0.3) is 0 Å². The Balaban J connectivity index is 1.93. The number of nitrogens with one attached hydrogen (secondary N) is 2. The number of carbonyl (C=O) groups excluding carboxylic acids is 1. The molecule has 3 rings (SSSR count). The Kier molecular flexibility index (Phi) is 3.57. The topological polar surface area (TPSA) is 83.0 Å². The molecule has 0 aliphatic carbocycles. The fraction of sp³-hybridized carbons (Fsp3) is 0.357. The molecule has 0 bridgehead atoms. The molecule has 2 N–H and O–H groups in total. The van der Waals surface area contributed by atoms with Crippen LogP contribution in [0.5, 0.6) is 0 Å². The third kappa shape index (κ3) is 2.59. The zero-order valence-corrected chi connectivity index (χ0v) is 11.7. The number of hydrogen-bond acceptors (Lipinski definition) is 4. The minimum Gasteiger partial charge on any atom is -0.329 e. The average Bonchev–Trinajstić information content (AvgIpc) is 2.93. The first-order chi connectivity index (χ1) is 10.2.